The van der Waals surface area contributed by atoms with Gasteiger partial charge in [-0.3, -0.25) is 4.79 Å². The van der Waals surface area contributed by atoms with Gasteiger partial charge in [-0.15, -0.1) is 0 Å². The average Bonchev–Trinajstić information content (AvgIpc) is 2.60. The van der Waals surface area contributed by atoms with E-state index in [4.69, 9.17) is 0 Å². The van der Waals surface area contributed by atoms with Crippen molar-refractivity contribution in [2.75, 3.05) is 0 Å². The van der Waals surface area contributed by atoms with Crippen LogP contribution in [0.2, 0.25) is 0 Å². The Hall–Kier alpha value is -0.970. The molecule has 0 heterocycles. The van der Waals surface area contributed by atoms with Crippen molar-refractivity contribution >= 4 is 21.9 Å². The third-order valence-electron chi connectivity index (χ3n) is 3.78. The molecule has 104 valence electrons. The zero-order valence-corrected chi connectivity index (χ0v) is 11.9. The minimum atomic E-state index is -0.967. The van der Waals surface area contributed by atoms with Crippen LogP contribution in [0.15, 0.2) is 16.6 Å². The molecular weight excluding hydrogens is 318 g/mol. The monoisotopic (exact) mass is 332 g/mol. The molecule has 1 saturated carbocycles. The predicted octanol–water partition coefficient (Wildman–Crippen LogP) is 4.48. The van der Waals surface area contributed by atoms with Gasteiger partial charge in [-0.1, -0.05) is 19.3 Å². The number of hydrogen-bond donors (Lipinski definition) is 1. The summed E-state index contributed by atoms with van der Waals surface area (Å²) in [5.41, 5.74) is -0.0799. The Balaban J connectivity index is 2.47. The molecule has 2 rings (SSSR count). The standard InChI is InChI=1S/C14H15BrF2O2/c15-10-6-7-11(16)12(13(10)17)8-4-2-1-3-5-9(8)14(18)19/h6-9H,1-5H2,(H,18,19). The van der Waals surface area contributed by atoms with Gasteiger partial charge in [0.25, 0.3) is 0 Å². The van der Waals surface area contributed by atoms with Gasteiger partial charge < -0.3 is 5.11 Å². The molecule has 1 aliphatic rings. The van der Waals surface area contributed by atoms with E-state index in [1.807, 2.05) is 0 Å². The van der Waals surface area contributed by atoms with E-state index in [9.17, 15) is 18.7 Å². The maximum Gasteiger partial charge on any atom is 0.307 e. The van der Waals surface area contributed by atoms with Gasteiger partial charge in [0.15, 0.2) is 0 Å². The third-order valence-corrected chi connectivity index (χ3v) is 4.40. The van der Waals surface area contributed by atoms with E-state index in [1.54, 1.807) is 0 Å². The normalized spacial score (nSPS) is 23.9. The second kappa shape index (κ2) is 5.99. The molecule has 1 aromatic carbocycles. The smallest absolute Gasteiger partial charge is 0.307 e. The molecule has 0 aliphatic heterocycles. The summed E-state index contributed by atoms with van der Waals surface area (Å²) in [5.74, 6) is -3.58. The second-order valence-electron chi connectivity index (χ2n) is 4.95. The lowest BCUT2D eigenvalue weighted by atomic mass is 9.82. The van der Waals surface area contributed by atoms with Gasteiger partial charge in [0, 0.05) is 11.5 Å². The number of aliphatic carboxylic acids is 1. The summed E-state index contributed by atoms with van der Waals surface area (Å²) >= 11 is 3.03. The van der Waals surface area contributed by atoms with E-state index in [1.165, 1.54) is 12.1 Å². The van der Waals surface area contributed by atoms with Crippen LogP contribution in [0.1, 0.15) is 43.6 Å². The summed E-state index contributed by atoms with van der Waals surface area (Å²) in [6.07, 6.45) is 3.51. The molecule has 2 atom stereocenters. The summed E-state index contributed by atoms with van der Waals surface area (Å²) in [5, 5.41) is 9.29. The molecule has 0 radical (unpaired) electrons. The van der Waals surface area contributed by atoms with Gasteiger partial charge >= 0.3 is 5.97 Å². The van der Waals surface area contributed by atoms with Crippen molar-refractivity contribution in [1.29, 1.82) is 0 Å². The summed E-state index contributed by atoms with van der Waals surface area (Å²) in [4.78, 5) is 11.3. The third kappa shape index (κ3) is 2.96. The van der Waals surface area contributed by atoms with Crippen molar-refractivity contribution in [3.8, 4) is 0 Å². The van der Waals surface area contributed by atoms with Gasteiger partial charge in [-0.25, -0.2) is 8.78 Å². The van der Waals surface area contributed by atoms with Crippen LogP contribution in [0.3, 0.4) is 0 Å². The lowest BCUT2D eigenvalue weighted by Gasteiger charge is -2.23. The summed E-state index contributed by atoms with van der Waals surface area (Å²) in [7, 11) is 0. The lowest BCUT2D eigenvalue weighted by molar-refractivity contribution is -0.142. The van der Waals surface area contributed by atoms with Gasteiger partial charge in [-0.05, 0) is 40.9 Å². The van der Waals surface area contributed by atoms with Crippen molar-refractivity contribution in [3.05, 3.63) is 33.8 Å². The molecular formula is C14H15BrF2O2. The fraction of sp³-hybridized carbons (Fsp3) is 0.500. The van der Waals surface area contributed by atoms with Crippen LogP contribution in [0, 0.1) is 17.6 Å². The Morgan fingerprint density at radius 3 is 2.58 bits per heavy atom. The Morgan fingerprint density at radius 2 is 1.89 bits per heavy atom. The Morgan fingerprint density at radius 1 is 1.21 bits per heavy atom. The van der Waals surface area contributed by atoms with Crippen LogP contribution in [0.4, 0.5) is 8.78 Å². The van der Waals surface area contributed by atoms with E-state index in [0.29, 0.717) is 12.8 Å². The highest BCUT2D eigenvalue weighted by Gasteiger charge is 2.34. The Kier molecular flexibility index (Phi) is 4.55. The fourth-order valence-electron chi connectivity index (χ4n) is 2.83. The molecule has 5 heteroatoms. The van der Waals surface area contributed by atoms with E-state index < -0.39 is 29.4 Å². The van der Waals surface area contributed by atoms with E-state index in [-0.39, 0.29) is 10.0 Å². The molecule has 19 heavy (non-hydrogen) atoms. The molecule has 0 bridgehead atoms. The molecule has 2 unspecified atom stereocenters. The van der Waals surface area contributed by atoms with E-state index in [2.05, 4.69) is 15.9 Å². The quantitative estimate of drug-likeness (QED) is 0.640. The van der Waals surface area contributed by atoms with Crippen LogP contribution in [-0.2, 0) is 4.79 Å². The van der Waals surface area contributed by atoms with Crippen molar-refractivity contribution < 1.29 is 18.7 Å². The van der Waals surface area contributed by atoms with Gasteiger partial charge in [-0.2, -0.15) is 0 Å². The summed E-state index contributed by atoms with van der Waals surface area (Å²) < 4.78 is 28.2. The summed E-state index contributed by atoms with van der Waals surface area (Å²) in [6, 6.07) is 2.49. The van der Waals surface area contributed by atoms with Crippen LogP contribution < -0.4 is 0 Å². The van der Waals surface area contributed by atoms with Crippen LogP contribution in [0.5, 0.6) is 0 Å². The maximum absolute atomic E-state index is 14.1. The summed E-state index contributed by atoms with van der Waals surface area (Å²) in [6.45, 7) is 0. The molecule has 2 nitrogen and oxygen atoms in total. The molecule has 0 aromatic heterocycles. The Bertz CT molecular complexity index is 491. The number of hydrogen-bond acceptors (Lipinski definition) is 1. The van der Waals surface area contributed by atoms with Crippen molar-refractivity contribution in [3.63, 3.8) is 0 Å². The molecule has 1 aliphatic carbocycles. The van der Waals surface area contributed by atoms with Crippen LogP contribution in [-0.4, -0.2) is 11.1 Å². The van der Waals surface area contributed by atoms with E-state index in [0.717, 1.165) is 19.3 Å². The van der Waals surface area contributed by atoms with Crippen molar-refractivity contribution in [2.45, 2.75) is 38.0 Å². The van der Waals surface area contributed by atoms with Gasteiger partial charge in [0.2, 0.25) is 0 Å². The number of halogens is 3. The number of carboxylic acid groups (broad SMARTS) is 1. The first-order valence-corrected chi connectivity index (χ1v) is 7.18. The zero-order valence-electron chi connectivity index (χ0n) is 10.3. The van der Waals surface area contributed by atoms with Crippen LogP contribution in [0.25, 0.3) is 0 Å². The zero-order chi connectivity index (χ0) is 14.0. The number of carboxylic acids is 1. The van der Waals surface area contributed by atoms with Crippen LogP contribution >= 0.6 is 15.9 Å². The highest BCUT2D eigenvalue weighted by molar-refractivity contribution is 9.10. The maximum atomic E-state index is 14.1. The molecule has 1 fully saturated rings. The van der Waals surface area contributed by atoms with Gasteiger partial charge in [0.1, 0.15) is 11.6 Å². The van der Waals surface area contributed by atoms with Crippen molar-refractivity contribution in [2.24, 2.45) is 5.92 Å². The molecule has 1 N–H and O–H groups in total. The first kappa shape index (κ1) is 14.4. The second-order valence-corrected chi connectivity index (χ2v) is 5.80. The minimum Gasteiger partial charge on any atom is -0.481 e. The minimum absolute atomic E-state index is 0.0799. The predicted molar refractivity (Wildman–Crippen MR) is 71.0 cm³/mol. The molecule has 1 aromatic rings. The first-order chi connectivity index (χ1) is 9.02. The number of carbonyl (C=O) groups is 1. The topological polar surface area (TPSA) is 37.3 Å². The SMILES string of the molecule is O=C(O)C1CCCCCC1c1c(F)ccc(Br)c1F. The lowest BCUT2D eigenvalue weighted by Crippen LogP contribution is -2.23. The largest absolute Gasteiger partial charge is 0.481 e. The Labute approximate surface area is 118 Å². The van der Waals surface area contributed by atoms with E-state index >= 15 is 0 Å². The number of benzene rings is 1. The van der Waals surface area contributed by atoms with Crippen molar-refractivity contribution in [1.82, 2.24) is 0 Å². The average molecular weight is 333 g/mol. The number of rotatable bonds is 2. The molecule has 0 amide bonds. The van der Waals surface area contributed by atoms with Gasteiger partial charge in [0.05, 0.1) is 10.4 Å². The molecule has 0 spiro atoms. The highest BCUT2D eigenvalue weighted by Crippen LogP contribution is 2.40. The molecule has 0 saturated heterocycles. The highest BCUT2D eigenvalue weighted by atomic mass is 79.9. The first-order valence-electron chi connectivity index (χ1n) is 6.38. The fourth-order valence-corrected chi connectivity index (χ4v) is 3.18.